The topological polar surface area (TPSA) is 79.8 Å². The molecule has 20 heavy (non-hydrogen) atoms. The first-order valence-corrected chi connectivity index (χ1v) is 6.42. The van der Waals surface area contributed by atoms with Crippen LogP contribution in [0.4, 0.5) is 5.82 Å². The van der Waals surface area contributed by atoms with Crippen LogP contribution < -0.4 is 10.6 Å². The van der Waals surface area contributed by atoms with Gasteiger partial charge in [-0.15, -0.1) is 0 Å². The Kier molecular flexibility index (Phi) is 4.60. The maximum atomic E-state index is 11.8. The summed E-state index contributed by atoms with van der Waals surface area (Å²) >= 11 is 0. The number of nitrogens with zero attached hydrogens (tertiary/aromatic N) is 3. The number of aromatic nitrogens is 3. The summed E-state index contributed by atoms with van der Waals surface area (Å²) in [4.78, 5) is 24.1. The van der Waals surface area contributed by atoms with Gasteiger partial charge in [0.1, 0.15) is 17.8 Å². The van der Waals surface area contributed by atoms with E-state index in [2.05, 4.69) is 25.6 Å². The summed E-state index contributed by atoms with van der Waals surface area (Å²) in [6, 6.07) is 7.40. The summed E-state index contributed by atoms with van der Waals surface area (Å²) in [5, 5.41) is 5.91. The van der Waals surface area contributed by atoms with Gasteiger partial charge in [-0.1, -0.05) is 6.07 Å². The molecular formula is C14H17N5O. The van der Waals surface area contributed by atoms with E-state index in [4.69, 9.17) is 0 Å². The third-order valence-electron chi connectivity index (χ3n) is 2.50. The van der Waals surface area contributed by atoms with Gasteiger partial charge < -0.3 is 10.6 Å². The second-order valence-electron chi connectivity index (χ2n) is 4.59. The summed E-state index contributed by atoms with van der Waals surface area (Å²) < 4.78 is 0. The van der Waals surface area contributed by atoms with Crippen molar-refractivity contribution in [3.05, 3.63) is 48.2 Å². The van der Waals surface area contributed by atoms with Crippen LogP contribution in [0.2, 0.25) is 0 Å². The van der Waals surface area contributed by atoms with Gasteiger partial charge in [0.15, 0.2) is 0 Å². The van der Waals surface area contributed by atoms with Crippen molar-refractivity contribution >= 4 is 11.7 Å². The summed E-state index contributed by atoms with van der Waals surface area (Å²) in [5.74, 6) is 0.392. The van der Waals surface area contributed by atoms with E-state index < -0.39 is 0 Å². The zero-order valence-corrected chi connectivity index (χ0v) is 11.5. The molecule has 2 aromatic rings. The highest BCUT2D eigenvalue weighted by atomic mass is 16.1. The van der Waals surface area contributed by atoms with Crippen molar-refractivity contribution in [1.82, 2.24) is 20.3 Å². The quantitative estimate of drug-likeness (QED) is 0.864. The number of pyridine rings is 1. The number of anilines is 1. The fourth-order valence-corrected chi connectivity index (χ4v) is 1.60. The van der Waals surface area contributed by atoms with Crippen LogP contribution in [0.1, 0.15) is 30.0 Å². The molecule has 0 spiro atoms. The Bertz CT molecular complexity index is 571. The van der Waals surface area contributed by atoms with Crippen molar-refractivity contribution in [1.29, 1.82) is 0 Å². The van der Waals surface area contributed by atoms with Crippen LogP contribution in [-0.4, -0.2) is 26.9 Å². The van der Waals surface area contributed by atoms with Crippen LogP contribution in [0.3, 0.4) is 0 Å². The van der Waals surface area contributed by atoms with Gasteiger partial charge in [0.25, 0.3) is 5.91 Å². The van der Waals surface area contributed by atoms with E-state index in [1.54, 1.807) is 12.3 Å². The van der Waals surface area contributed by atoms with Gasteiger partial charge in [-0.2, -0.15) is 0 Å². The minimum Gasteiger partial charge on any atom is -0.364 e. The van der Waals surface area contributed by atoms with E-state index in [1.165, 1.54) is 6.33 Å². The molecule has 2 heterocycles. The molecule has 0 aliphatic heterocycles. The van der Waals surface area contributed by atoms with Gasteiger partial charge in [-0.05, 0) is 26.0 Å². The number of rotatable bonds is 5. The average Bonchev–Trinajstić information content (AvgIpc) is 2.46. The maximum absolute atomic E-state index is 11.8. The van der Waals surface area contributed by atoms with Gasteiger partial charge in [0.2, 0.25) is 0 Å². The zero-order chi connectivity index (χ0) is 14.4. The molecule has 2 rings (SSSR count). The van der Waals surface area contributed by atoms with Crippen LogP contribution in [0.15, 0.2) is 36.8 Å². The Morgan fingerprint density at radius 2 is 2.10 bits per heavy atom. The normalized spacial score (nSPS) is 10.3. The molecule has 0 aliphatic rings. The van der Waals surface area contributed by atoms with E-state index in [1.807, 2.05) is 32.0 Å². The molecule has 0 bridgehead atoms. The van der Waals surface area contributed by atoms with E-state index in [9.17, 15) is 4.79 Å². The minimum absolute atomic E-state index is 0.0717. The number of amides is 1. The molecule has 0 saturated heterocycles. The third-order valence-corrected chi connectivity index (χ3v) is 2.50. The predicted molar refractivity (Wildman–Crippen MR) is 76.2 cm³/mol. The highest BCUT2D eigenvalue weighted by Gasteiger charge is 2.09. The first-order valence-electron chi connectivity index (χ1n) is 6.42. The van der Waals surface area contributed by atoms with E-state index in [0.717, 1.165) is 5.69 Å². The molecule has 104 valence electrons. The molecule has 0 radical (unpaired) electrons. The Balaban J connectivity index is 2.01. The van der Waals surface area contributed by atoms with Crippen LogP contribution >= 0.6 is 0 Å². The summed E-state index contributed by atoms with van der Waals surface area (Å²) in [6.45, 7) is 4.35. The molecule has 0 unspecified atom stereocenters. The van der Waals surface area contributed by atoms with Gasteiger partial charge in [0, 0.05) is 18.3 Å². The Morgan fingerprint density at radius 1 is 1.25 bits per heavy atom. The molecule has 0 fully saturated rings. The highest BCUT2D eigenvalue weighted by Crippen LogP contribution is 2.06. The van der Waals surface area contributed by atoms with Crippen molar-refractivity contribution in [3.8, 4) is 0 Å². The van der Waals surface area contributed by atoms with E-state index in [-0.39, 0.29) is 11.9 Å². The van der Waals surface area contributed by atoms with Crippen LogP contribution in [0.25, 0.3) is 0 Å². The molecule has 6 nitrogen and oxygen atoms in total. The zero-order valence-electron chi connectivity index (χ0n) is 11.5. The predicted octanol–water partition coefficient (Wildman–Crippen LogP) is 1.62. The smallest absolute Gasteiger partial charge is 0.270 e. The second-order valence-corrected chi connectivity index (χ2v) is 4.59. The Labute approximate surface area is 117 Å². The van der Waals surface area contributed by atoms with Crippen LogP contribution in [0.5, 0.6) is 0 Å². The number of hydrogen-bond acceptors (Lipinski definition) is 5. The third kappa shape index (κ3) is 4.01. The molecule has 0 aliphatic carbocycles. The van der Waals surface area contributed by atoms with E-state index >= 15 is 0 Å². The molecule has 2 aromatic heterocycles. The van der Waals surface area contributed by atoms with Crippen LogP contribution in [0, 0.1) is 0 Å². The fraction of sp³-hybridized carbons (Fsp3) is 0.286. The summed E-state index contributed by atoms with van der Waals surface area (Å²) in [5.41, 5.74) is 1.25. The van der Waals surface area contributed by atoms with Crippen molar-refractivity contribution in [2.45, 2.75) is 26.4 Å². The molecule has 1 amide bonds. The summed E-state index contributed by atoms with van der Waals surface area (Å²) in [7, 11) is 0. The number of hydrogen-bond donors (Lipinski definition) is 2. The number of carbonyl (C=O) groups excluding carboxylic acids is 1. The lowest BCUT2D eigenvalue weighted by Crippen LogP contribution is -2.30. The van der Waals surface area contributed by atoms with E-state index in [0.29, 0.717) is 18.1 Å². The monoisotopic (exact) mass is 271 g/mol. The number of carbonyl (C=O) groups is 1. The highest BCUT2D eigenvalue weighted by molar-refractivity contribution is 5.92. The first-order chi connectivity index (χ1) is 9.65. The van der Waals surface area contributed by atoms with Gasteiger partial charge in [-0.3, -0.25) is 9.78 Å². The molecule has 2 N–H and O–H groups in total. The molecule has 0 saturated carbocycles. The van der Waals surface area contributed by atoms with Crippen LogP contribution in [-0.2, 0) is 6.54 Å². The molecular weight excluding hydrogens is 254 g/mol. The van der Waals surface area contributed by atoms with Gasteiger partial charge in [-0.25, -0.2) is 9.97 Å². The SMILES string of the molecule is CC(C)NC(=O)c1cc(NCc2ccccn2)ncn1. The Morgan fingerprint density at radius 3 is 2.80 bits per heavy atom. The molecule has 6 heteroatoms. The Hall–Kier alpha value is -2.50. The summed E-state index contributed by atoms with van der Waals surface area (Å²) in [6.07, 6.45) is 3.11. The van der Waals surface area contributed by atoms with Gasteiger partial charge in [0.05, 0.1) is 12.2 Å². The lowest BCUT2D eigenvalue weighted by molar-refractivity contribution is 0.0938. The maximum Gasteiger partial charge on any atom is 0.270 e. The largest absolute Gasteiger partial charge is 0.364 e. The molecule has 0 atom stereocenters. The standard InChI is InChI=1S/C14H17N5O/c1-10(2)19-14(20)12-7-13(18-9-17-12)16-8-11-5-3-4-6-15-11/h3-7,9-10H,8H2,1-2H3,(H,19,20)(H,16,17,18). The van der Waals surface area contributed by atoms with Crippen molar-refractivity contribution in [3.63, 3.8) is 0 Å². The fourth-order valence-electron chi connectivity index (χ4n) is 1.60. The first kappa shape index (κ1) is 13.9. The average molecular weight is 271 g/mol. The van der Waals surface area contributed by atoms with Gasteiger partial charge >= 0.3 is 0 Å². The molecule has 0 aromatic carbocycles. The second kappa shape index (κ2) is 6.60. The lowest BCUT2D eigenvalue weighted by Gasteiger charge is -2.09. The number of nitrogens with one attached hydrogen (secondary N) is 2. The van der Waals surface area contributed by atoms with Crippen molar-refractivity contribution in [2.75, 3.05) is 5.32 Å². The van der Waals surface area contributed by atoms with Crippen molar-refractivity contribution in [2.24, 2.45) is 0 Å². The lowest BCUT2D eigenvalue weighted by atomic mass is 10.3. The van der Waals surface area contributed by atoms with Crippen molar-refractivity contribution < 1.29 is 4.79 Å². The minimum atomic E-state index is -0.205.